The van der Waals surface area contributed by atoms with E-state index in [1.807, 2.05) is 6.92 Å². The van der Waals surface area contributed by atoms with Gasteiger partial charge in [0.2, 0.25) is 0 Å². The molecule has 0 unspecified atom stereocenters. The minimum atomic E-state index is -0.369. The number of carbonyl (C=O) groups excluding carboxylic acids is 2. The monoisotopic (exact) mass is 419 g/mol. The van der Waals surface area contributed by atoms with Gasteiger partial charge in [0.1, 0.15) is 5.17 Å². The number of nitrogens with zero attached hydrogens (tertiary/aromatic N) is 1. The second-order valence-corrected chi connectivity index (χ2v) is 6.56. The van der Waals surface area contributed by atoms with E-state index >= 15 is 0 Å². The predicted octanol–water partition coefficient (Wildman–Crippen LogP) is 2.57. The Hall–Kier alpha value is -1.67. The highest BCUT2D eigenvalue weighted by atomic mass is 35.5. The number of esters is 2. The topological polar surface area (TPSA) is 103 Å². The summed E-state index contributed by atoms with van der Waals surface area (Å²) in [6.07, 6.45) is 6.00. The van der Waals surface area contributed by atoms with Crippen molar-refractivity contribution < 1.29 is 19.1 Å². The molecule has 2 rings (SSSR count). The smallest absolute Gasteiger partial charge is 0.336 e. The van der Waals surface area contributed by atoms with Crippen LogP contribution in [-0.4, -0.2) is 37.9 Å². The largest absolute Gasteiger partial charge is 0.466 e. The normalized spacial score (nSPS) is 19.8. The van der Waals surface area contributed by atoms with Crippen LogP contribution in [0.5, 0.6) is 0 Å². The molecule has 1 aliphatic carbocycles. The molecule has 0 saturated heterocycles. The third-order valence-corrected chi connectivity index (χ3v) is 4.71. The zero-order valence-electron chi connectivity index (χ0n) is 16.3. The first-order chi connectivity index (χ1) is 12.4. The molecule has 1 atom stereocenters. The average molecular weight is 420 g/mol. The van der Waals surface area contributed by atoms with Crippen molar-refractivity contribution in [1.82, 2.24) is 5.32 Å². The molecule has 1 fully saturated rings. The zero-order valence-corrected chi connectivity index (χ0v) is 18.0. The van der Waals surface area contributed by atoms with Crippen LogP contribution in [0, 0.1) is 11.8 Å². The van der Waals surface area contributed by atoms with Gasteiger partial charge in [0.25, 0.3) is 0 Å². The number of carbonyl (C=O) groups is 2. The van der Waals surface area contributed by atoms with Gasteiger partial charge >= 0.3 is 11.9 Å². The number of dihydropyridines is 1. The number of halogens is 1. The predicted molar refractivity (Wildman–Crippen MR) is 112 cm³/mol. The summed E-state index contributed by atoms with van der Waals surface area (Å²) < 4.78 is 10.1. The summed E-state index contributed by atoms with van der Waals surface area (Å²) >= 11 is 3.63. The molecule has 1 saturated carbocycles. The number of aliphatic imine (C=N–C) groups is 1. The maximum Gasteiger partial charge on any atom is 0.336 e. The van der Waals surface area contributed by atoms with E-state index in [4.69, 9.17) is 15.2 Å². The summed E-state index contributed by atoms with van der Waals surface area (Å²) in [5, 5.41) is 3.33. The Morgan fingerprint density at radius 1 is 1.33 bits per heavy atom. The lowest BCUT2D eigenvalue weighted by atomic mass is 9.77. The van der Waals surface area contributed by atoms with Crippen molar-refractivity contribution in [3.05, 3.63) is 23.0 Å². The molecule has 1 aliphatic heterocycles. The molecule has 0 aromatic carbocycles. The van der Waals surface area contributed by atoms with Crippen molar-refractivity contribution in [3.8, 4) is 0 Å². The fraction of sp³-hybridized carbons (Fsp3) is 0.611. The Balaban J connectivity index is 0.00000100. The number of hydrogen-bond donors (Lipinski definition) is 3. The number of ether oxygens (including phenoxy) is 2. The molecule has 3 N–H and O–H groups in total. The average Bonchev–Trinajstić information content (AvgIpc) is 3.15. The van der Waals surface area contributed by atoms with E-state index < -0.39 is 0 Å². The van der Waals surface area contributed by atoms with Gasteiger partial charge in [0.15, 0.2) is 0 Å². The number of rotatable bonds is 4. The van der Waals surface area contributed by atoms with Crippen molar-refractivity contribution in [2.45, 2.75) is 39.5 Å². The molecule has 1 heterocycles. The van der Waals surface area contributed by atoms with E-state index in [9.17, 15) is 9.59 Å². The Bertz CT molecular complexity index is 610. The van der Waals surface area contributed by atoms with Gasteiger partial charge in [0.05, 0.1) is 24.9 Å². The fourth-order valence-corrected chi connectivity index (χ4v) is 3.31. The standard InChI is InChI=1S/C16H23NO4.C2H6N2S.ClH/c1-4-21-15(18)12-9-17-10(2)13(16(19)20-3)14(12)11-7-5-6-8-11;1-4-2(3)5;/h9,11,14,17H,4-8H2,1-3H3;1H3,(H3,3,4,5);1H/t14-;;/m1../s1. The SMILES string of the molecule is CCOC(=O)C1=CNC(C)=C(C(=O)OC)[C@@H]1C1CCCC1.CN=C(N)S.Cl. The molecule has 7 nitrogen and oxygen atoms in total. The third kappa shape index (κ3) is 7.10. The first-order valence-electron chi connectivity index (χ1n) is 8.71. The van der Waals surface area contributed by atoms with Crippen LogP contribution in [0.3, 0.4) is 0 Å². The van der Waals surface area contributed by atoms with Crippen LogP contribution in [-0.2, 0) is 19.1 Å². The van der Waals surface area contributed by atoms with Crippen molar-refractivity contribution in [3.63, 3.8) is 0 Å². The molecule has 0 radical (unpaired) electrons. The molecule has 9 heteroatoms. The van der Waals surface area contributed by atoms with E-state index in [2.05, 4.69) is 22.9 Å². The van der Waals surface area contributed by atoms with Crippen LogP contribution in [0.4, 0.5) is 0 Å². The Morgan fingerprint density at radius 2 is 1.89 bits per heavy atom. The van der Waals surface area contributed by atoms with Gasteiger partial charge in [-0.15, -0.1) is 25.0 Å². The first-order valence-corrected chi connectivity index (χ1v) is 9.16. The molecule has 154 valence electrons. The number of allylic oxidation sites excluding steroid dienone is 1. The molecule has 0 aromatic heterocycles. The second-order valence-electron chi connectivity index (χ2n) is 6.10. The van der Waals surface area contributed by atoms with Crippen molar-refractivity contribution >= 4 is 42.1 Å². The highest BCUT2D eigenvalue weighted by molar-refractivity contribution is 7.96. The number of amidine groups is 1. The quantitative estimate of drug-likeness (QED) is 0.280. The van der Waals surface area contributed by atoms with Gasteiger partial charge in [-0.25, -0.2) is 9.59 Å². The summed E-state index contributed by atoms with van der Waals surface area (Å²) in [6, 6.07) is 0. The lowest BCUT2D eigenvalue weighted by molar-refractivity contribution is -0.139. The van der Waals surface area contributed by atoms with Crippen LogP contribution in [0.15, 0.2) is 28.0 Å². The van der Waals surface area contributed by atoms with E-state index in [1.54, 1.807) is 20.2 Å². The van der Waals surface area contributed by atoms with Crippen LogP contribution < -0.4 is 11.1 Å². The minimum Gasteiger partial charge on any atom is -0.466 e. The molecular weight excluding hydrogens is 390 g/mol. The molecule has 27 heavy (non-hydrogen) atoms. The maximum atomic E-state index is 12.2. The molecule has 0 spiro atoms. The van der Waals surface area contributed by atoms with Crippen LogP contribution in [0.2, 0.25) is 0 Å². The summed E-state index contributed by atoms with van der Waals surface area (Å²) in [6.45, 7) is 3.94. The summed E-state index contributed by atoms with van der Waals surface area (Å²) in [5.41, 5.74) is 6.76. The highest BCUT2D eigenvalue weighted by Crippen LogP contribution is 2.42. The van der Waals surface area contributed by atoms with E-state index in [0.717, 1.165) is 31.4 Å². The molecule has 0 amide bonds. The maximum absolute atomic E-state index is 12.2. The molecule has 0 bridgehead atoms. The van der Waals surface area contributed by atoms with E-state index in [-0.39, 0.29) is 30.3 Å². The van der Waals surface area contributed by atoms with Crippen LogP contribution >= 0.6 is 25.0 Å². The molecule has 2 aliphatic rings. The van der Waals surface area contributed by atoms with E-state index in [1.165, 1.54) is 7.11 Å². The summed E-state index contributed by atoms with van der Waals surface area (Å²) in [5.74, 6) is -0.644. The van der Waals surface area contributed by atoms with Gasteiger partial charge in [-0.1, -0.05) is 12.8 Å². The number of thiol groups is 1. The molecule has 0 aromatic rings. The number of nitrogens with two attached hydrogens (primary N) is 1. The summed E-state index contributed by atoms with van der Waals surface area (Å²) in [4.78, 5) is 27.8. The second kappa shape index (κ2) is 12.7. The highest BCUT2D eigenvalue weighted by Gasteiger charge is 2.40. The number of nitrogens with one attached hydrogen (secondary N) is 1. The van der Waals surface area contributed by atoms with Gasteiger partial charge in [-0.05, 0) is 32.6 Å². The lowest BCUT2D eigenvalue weighted by Crippen LogP contribution is -2.34. The minimum absolute atomic E-state index is 0. The van der Waals surface area contributed by atoms with Crippen molar-refractivity contribution in [2.24, 2.45) is 22.6 Å². The lowest BCUT2D eigenvalue weighted by Gasteiger charge is -2.31. The van der Waals surface area contributed by atoms with Gasteiger partial charge in [0, 0.05) is 24.9 Å². The Morgan fingerprint density at radius 3 is 2.33 bits per heavy atom. The van der Waals surface area contributed by atoms with Crippen molar-refractivity contribution in [1.29, 1.82) is 0 Å². The Labute approximate surface area is 172 Å². The van der Waals surface area contributed by atoms with Crippen LogP contribution in [0.1, 0.15) is 39.5 Å². The number of hydrogen-bond acceptors (Lipinski definition) is 6. The van der Waals surface area contributed by atoms with Gasteiger partial charge in [-0.2, -0.15) is 0 Å². The van der Waals surface area contributed by atoms with Crippen LogP contribution in [0.25, 0.3) is 0 Å². The van der Waals surface area contributed by atoms with Gasteiger partial charge < -0.3 is 20.5 Å². The molecular formula is C18H30ClN3O4S. The zero-order chi connectivity index (χ0) is 19.7. The summed E-state index contributed by atoms with van der Waals surface area (Å²) in [7, 11) is 2.96. The Kier molecular flexibility index (Phi) is 11.9. The third-order valence-electron chi connectivity index (χ3n) is 4.51. The number of methoxy groups -OCH3 is 1. The van der Waals surface area contributed by atoms with Gasteiger partial charge in [-0.3, -0.25) is 4.99 Å². The fourth-order valence-electron chi connectivity index (χ4n) is 3.31. The van der Waals surface area contributed by atoms with E-state index in [0.29, 0.717) is 28.8 Å². The van der Waals surface area contributed by atoms with Crippen molar-refractivity contribution in [2.75, 3.05) is 20.8 Å². The first kappa shape index (κ1) is 25.3.